The lowest BCUT2D eigenvalue weighted by atomic mass is 10.2. The van der Waals surface area contributed by atoms with Gasteiger partial charge in [0.1, 0.15) is 16.5 Å². The number of hydrogen-bond donors (Lipinski definition) is 1. The molecule has 172 valence electrons. The standard InChI is InChI=1S/C22H50N2O2Si3/c1-20(2,3)27(10,11)23-18(25)16-17-19(26)24(28(12,13)21(4,5)6)29(14,15)22(7,8)9/h16-17H2,1-15H3,(H,23,25). The van der Waals surface area contributed by atoms with Gasteiger partial charge in [-0.05, 0) is 15.1 Å². The van der Waals surface area contributed by atoms with Gasteiger partial charge in [0, 0.05) is 12.8 Å². The van der Waals surface area contributed by atoms with Crippen molar-refractivity contribution in [2.75, 3.05) is 0 Å². The number of carbonyl (C=O) groups is 2. The molecule has 0 unspecified atom stereocenters. The molecule has 1 N–H and O–H groups in total. The van der Waals surface area contributed by atoms with Crippen LogP contribution >= 0.6 is 0 Å². The van der Waals surface area contributed by atoms with E-state index in [1.807, 2.05) is 0 Å². The van der Waals surface area contributed by atoms with E-state index in [2.05, 4.69) is 111 Å². The summed E-state index contributed by atoms with van der Waals surface area (Å²) in [6.45, 7) is 33.8. The van der Waals surface area contributed by atoms with Crippen LogP contribution < -0.4 is 4.98 Å². The largest absolute Gasteiger partial charge is 0.395 e. The second-order valence-electron chi connectivity index (χ2n) is 13.3. The van der Waals surface area contributed by atoms with Gasteiger partial charge in [-0.3, -0.25) is 9.59 Å². The van der Waals surface area contributed by atoms with E-state index in [1.165, 1.54) is 0 Å². The van der Waals surface area contributed by atoms with Crippen LogP contribution in [0.15, 0.2) is 0 Å². The molecule has 4 nitrogen and oxygen atoms in total. The van der Waals surface area contributed by atoms with E-state index in [4.69, 9.17) is 0 Å². The van der Waals surface area contributed by atoms with Crippen molar-refractivity contribution < 1.29 is 9.59 Å². The first kappa shape index (κ1) is 28.6. The Morgan fingerprint density at radius 1 is 0.655 bits per heavy atom. The molecule has 2 amide bonds. The minimum absolute atomic E-state index is 0.0235. The fourth-order valence-electron chi connectivity index (χ4n) is 2.92. The maximum atomic E-state index is 13.6. The molecule has 29 heavy (non-hydrogen) atoms. The highest BCUT2D eigenvalue weighted by atomic mass is 28.4. The topological polar surface area (TPSA) is 49.4 Å². The Kier molecular flexibility index (Phi) is 8.49. The van der Waals surface area contributed by atoms with Crippen molar-refractivity contribution in [1.82, 2.24) is 9.21 Å². The van der Waals surface area contributed by atoms with Crippen LogP contribution in [-0.2, 0) is 9.59 Å². The van der Waals surface area contributed by atoms with Gasteiger partial charge in [0.05, 0.1) is 0 Å². The molecule has 0 saturated carbocycles. The molecule has 0 aliphatic heterocycles. The first-order valence-corrected chi connectivity index (χ1v) is 19.9. The smallest absolute Gasteiger partial charge is 0.212 e. The summed E-state index contributed by atoms with van der Waals surface area (Å²) in [5.41, 5.74) is 0. The average Bonchev–Trinajstić information content (AvgIpc) is 2.40. The van der Waals surface area contributed by atoms with Crippen molar-refractivity contribution in [1.29, 1.82) is 0 Å². The predicted molar refractivity (Wildman–Crippen MR) is 136 cm³/mol. The van der Waals surface area contributed by atoms with Gasteiger partial charge < -0.3 is 9.21 Å². The Balaban J connectivity index is 5.71. The number of amides is 2. The highest BCUT2D eigenvalue weighted by Gasteiger charge is 2.53. The molecule has 0 atom stereocenters. The monoisotopic (exact) mass is 458 g/mol. The van der Waals surface area contributed by atoms with Gasteiger partial charge >= 0.3 is 0 Å². The summed E-state index contributed by atoms with van der Waals surface area (Å²) < 4.78 is 2.33. The molecule has 0 aliphatic rings. The SMILES string of the molecule is CC(C)(C)[Si](C)(C)NC(=O)CCC(=O)N([Si](C)(C)C(C)(C)C)[Si](C)(C)C(C)(C)C. The molecule has 0 saturated heterocycles. The van der Waals surface area contributed by atoms with Crippen LogP contribution in [0.25, 0.3) is 0 Å². The normalized spacial score (nSPS) is 14.6. The minimum Gasteiger partial charge on any atom is -0.395 e. The Labute approximate surface area is 184 Å². The van der Waals surface area contributed by atoms with E-state index in [-0.39, 0.29) is 33.3 Å². The van der Waals surface area contributed by atoms with Crippen LogP contribution in [0.5, 0.6) is 0 Å². The van der Waals surface area contributed by atoms with E-state index in [0.717, 1.165) is 0 Å². The van der Waals surface area contributed by atoms with Gasteiger partial charge in [-0.1, -0.05) is 102 Å². The molecule has 0 aliphatic carbocycles. The van der Waals surface area contributed by atoms with Crippen LogP contribution in [-0.4, -0.2) is 40.8 Å². The second kappa shape index (κ2) is 8.61. The van der Waals surface area contributed by atoms with E-state index in [9.17, 15) is 9.59 Å². The third kappa shape index (κ3) is 6.53. The maximum Gasteiger partial charge on any atom is 0.212 e. The van der Waals surface area contributed by atoms with Crippen molar-refractivity contribution >= 4 is 36.5 Å². The lowest BCUT2D eigenvalue weighted by molar-refractivity contribution is -0.128. The summed E-state index contributed by atoms with van der Waals surface area (Å²) in [6.07, 6.45) is 0.588. The number of hydrogen-bond acceptors (Lipinski definition) is 2. The lowest BCUT2D eigenvalue weighted by Crippen LogP contribution is -2.70. The van der Waals surface area contributed by atoms with Gasteiger partial charge in [0.25, 0.3) is 0 Å². The van der Waals surface area contributed by atoms with Crippen molar-refractivity contribution in [2.45, 2.75) is 130 Å². The number of rotatable bonds is 6. The lowest BCUT2D eigenvalue weighted by Gasteiger charge is -2.57. The first-order valence-electron chi connectivity index (χ1n) is 11.0. The summed E-state index contributed by atoms with van der Waals surface area (Å²) in [5.74, 6) is 0.198. The van der Waals surface area contributed by atoms with Crippen molar-refractivity contribution in [2.24, 2.45) is 0 Å². The van der Waals surface area contributed by atoms with E-state index >= 15 is 0 Å². The van der Waals surface area contributed by atoms with Gasteiger partial charge in [-0.15, -0.1) is 0 Å². The van der Waals surface area contributed by atoms with Gasteiger partial charge in [-0.25, -0.2) is 0 Å². The summed E-state index contributed by atoms with van der Waals surface area (Å²) in [6, 6.07) is 0. The summed E-state index contributed by atoms with van der Waals surface area (Å²) in [5, 5.41) is 0.226. The van der Waals surface area contributed by atoms with Crippen molar-refractivity contribution in [3.8, 4) is 0 Å². The van der Waals surface area contributed by atoms with Crippen LogP contribution in [0.1, 0.15) is 75.2 Å². The van der Waals surface area contributed by atoms with Crippen molar-refractivity contribution in [3.05, 3.63) is 0 Å². The number of nitrogens with one attached hydrogen (secondary N) is 1. The van der Waals surface area contributed by atoms with Crippen LogP contribution in [0.4, 0.5) is 0 Å². The summed E-state index contributed by atoms with van der Waals surface area (Å²) in [4.78, 5) is 29.6. The third-order valence-corrected chi connectivity index (χ3v) is 26.0. The van der Waals surface area contributed by atoms with Crippen LogP contribution in [0, 0.1) is 0 Å². The fourth-order valence-corrected chi connectivity index (χ4v) is 14.5. The molecular weight excluding hydrogens is 409 g/mol. The maximum absolute atomic E-state index is 13.6. The number of nitrogens with zero attached hydrogens (tertiary/aromatic N) is 1. The third-order valence-electron chi connectivity index (χ3n) is 7.93. The molecule has 7 heteroatoms. The van der Waals surface area contributed by atoms with Gasteiger partial charge in [0.2, 0.25) is 11.8 Å². The molecule has 0 fully saturated rings. The molecular formula is C22H50N2O2Si3. The second-order valence-corrected chi connectivity index (χ2v) is 28.8. The zero-order valence-corrected chi connectivity index (χ0v) is 25.2. The Morgan fingerprint density at radius 2 is 1.00 bits per heavy atom. The summed E-state index contributed by atoms with van der Waals surface area (Å²) in [7, 11) is -6.05. The molecule has 0 radical (unpaired) electrons. The highest BCUT2D eigenvalue weighted by molar-refractivity contribution is 6.95. The first-order chi connectivity index (χ1) is 12.4. The fraction of sp³-hybridized carbons (Fsp3) is 0.909. The van der Waals surface area contributed by atoms with Gasteiger partial charge in [-0.2, -0.15) is 0 Å². The van der Waals surface area contributed by atoms with Crippen LogP contribution in [0.2, 0.25) is 54.4 Å². The minimum atomic E-state index is -2.07. The Bertz CT molecular complexity index is 581. The average molecular weight is 459 g/mol. The summed E-state index contributed by atoms with van der Waals surface area (Å²) >= 11 is 0. The highest BCUT2D eigenvalue weighted by Crippen LogP contribution is 2.47. The predicted octanol–water partition coefficient (Wildman–Crippen LogP) is 6.73. The zero-order chi connectivity index (χ0) is 23.9. The Hall–Kier alpha value is -0.409. The Morgan fingerprint density at radius 3 is 1.28 bits per heavy atom. The van der Waals surface area contributed by atoms with E-state index in [1.54, 1.807) is 0 Å². The van der Waals surface area contributed by atoms with Crippen molar-refractivity contribution in [3.63, 3.8) is 0 Å². The molecule has 0 aromatic carbocycles. The molecule has 0 spiro atoms. The molecule has 0 aromatic heterocycles. The number of carbonyl (C=O) groups excluding carboxylic acids is 2. The van der Waals surface area contributed by atoms with E-state index < -0.39 is 24.7 Å². The molecule has 0 rings (SSSR count). The van der Waals surface area contributed by atoms with E-state index in [0.29, 0.717) is 6.42 Å². The zero-order valence-electron chi connectivity index (χ0n) is 22.2. The quantitative estimate of drug-likeness (QED) is 0.449. The van der Waals surface area contributed by atoms with Crippen LogP contribution in [0.3, 0.4) is 0 Å². The molecule has 0 heterocycles. The molecule has 0 bridgehead atoms. The molecule has 0 aromatic rings. The van der Waals surface area contributed by atoms with Gasteiger partial charge in [0.15, 0.2) is 8.24 Å².